The molecule has 1 rings (SSSR count). The third-order valence-corrected chi connectivity index (χ3v) is 1.51. The molecule has 0 aliphatic heterocycles. The lowest BCUT2D eigenvalue weighted by atomic mass is 10.2. The van der Waals surface area contributed by atoms with Crippen molar-refractivity contribution in [2.24, 2.45) is 0 Å². The van der Waals surface area contributed by atoms with Crippen molar-refractivity contribution in [3.05, 3.63) is 40.4 Å². The summed E-state index contributed by atoms with van der Waals surface area (Å²) in [5.41, 5.74) is 0.831. The van der Waals surface area contributed by atoms with Gasteiger partial charge >= 0.3 is 0 Å². The fourth-order valence-electron chi connectivity index (χ4n) is 0.671. The summed E-state index contributed by atoms with van der Waals surface area (Å²) in [7, 11) is 0. The lowest BCUT2D eigenvalue weighted by molar-refractivity contribution is 1.66. The average Bonchev–Trinajstić information content (AvgIpc) is 1.85. The molecule has 0 heterocycles. The van der Waals surface area contributed by atoms with E-state index in [1.165, 1.54) is 6.08 Å². The topological polar surface area (TPSA) is 0 Å². The van der Waals surface area contributed by atoms with Crippen LogP contribution in [0.1, 0.15) is 5.56 Å². The van der Waals surface area contributed by atoms with Crippen molar-refractivity contribution in [3.63, 3.8) is 0 Å². The van der Waals surface area contributed by atoms with Crippen molar-refractivity contribution < 1.29 is 0 Å². The molecule has 1 radical (unpaired) electrons. The molecule has 0 atom stereocenters. The Morgan fingerprint density at radius 1 is 1.10 bits per heavy atom. The fraction of sp³-hybridized carbons (Fsp3) is 0. The highest BCUT2D eigenvalue weighted by Gasteiger charge is 1.92. The van der Waals surface area contributed by atoms with Gasteiger partial charge in [-0.2, -0.15) is 0 Å². The number of halogens is 2. The Balaban J connectivity index is 3.18. The van der Waals surface area contributed by atoms with Gasteiger partial charge in [-0.05, 0) is 23.8 Å². The predicted molar refractivity (Wildman–Crippen MR) is 45.2 cm³/mol. The van der Waals surface area contributed by atoms with Crippen LogP contribution in [0.4, 0.5) is 0 Å². The van der Waals surface area contributed by atoms with Crippen LogP contribution in [-0.2, 0) is 0 Å². The molecule has 0 aliphatic rings. The second kappa shape index (κ2) is 3.09. The number of benzene rings is 1. The van der Waals surface area contributed by atoms with Gasteiger partial charge in [0.15, 0.2) is 0 Å². The molecule has 0 spiro atoms. The fourth-order valence-corrected chi connectivity index (χ4v) is 1.21. The maximum absolute atomic E-state index is 5.67. The molecule has 0 bridgehead atoms. The van der Waals surface area contributed by atoms with Gasteiger partial charge in [-0.3, -0.25) is 0 Å². The van der Waals surface area contributed by atoms with Gasteiger partial charge in [0.2, 0.25) is 0 Å². The molecule has 0 fully saturated rings. The molecule has 0 saturated carbocycles. The zero-order valence-electron chi connectivity index (χ0n) is 5.14. The quantitative estimate of drug-likeness (QED) is 0.608. The zero-order valence-corrected chi connectivity index (χ0v) is 6.65. The van der Waals surface area contributed by atoms with Crippen molar-refractivity contribution >= 4 is 29.3 Å². The highest BCUT2D eigenvalue weighted by atomic mass is 35.5. The molecule has 2 heteroatoms. The monoisotopic (exact) mass is 171 g/mol. The van der Waals surface area contributed by atoms with Crippen LogP contribution in [-0.4, -0.2) is 0 Å². The molecule has 10 heavy (non-hydrogen) atoms. The Morgan fingerprint density at radius 2 is 1.60 bits per heavy atom. The summed E-state index contributed by atoms with van der Waals surface area (Å²) in [6, 6.07) is 5.15. The predicted octanol–water partition coefficient (Wildman–Crippen LogP) is 3.44. The molecule has 0 aliphatic carbocycles. The van der Waals surface area contributed by atoms with E-state index in [2.05, 4.69) is 0 Å². The maximum Gasteiger partial charge on any atom is 0.0426 e. The summed E-state index contributed by atoms with van der Waals surface area (Å²) in [6.07, 6.45) is 1.46. The van der Waals surface area contributed by atoms with Crippen LogP contribution < -0.4 is 0 Å². The number of rotatable bonds is 1. The normalized spacial score (nSPS) is 9.40. The first-order valence-corrected chi connectivity index (χ1v) is 3.49. The van der Waals surface area contributed by atoms with Crippen molar-refractivity contribution in [1.29, 1.82) is 0 Å². The van der Waals surface area contributed by atoms with E-state index >= 15 is 0 Å². The van der Waals surface area contributed by atoms with Gasteiger partial charge in [-0.25, -0.2) is 0 Å². The standard InChI is InChI=1S/C8H5Cl2/c1-2-6-3-7(9)5-8(10)4-6/h1-5H. The first-order valence-electron chi connectivity index (χ1n) is 2.73. The number of hydrogen-bond acceptors (Lipinski definition) is 0. The first kappa shape index (κ1) is 7.64. The Morgan fingerprint density at radius 3 is 2.00 bits per heavy atom. The highest BCUT2D eigenvalue weighted by molar-refractivity contribution is 6.34. The number of hydrogen-bond donors (Lipinski definition) is 0. The summed E-state index contributed by atoms with van der Waals surface area (Å²) in [6.45, 7) is 5.25. The van der Waals surface area contributed by atoms with E-state index in [0.717, 1.165) is 5.56 Å². The Bertz CT molecular complexity index is 233. The van der Waals surface area contributed by atoms with E-state index in [1.807, 2.05) is 0 Å². The van der Waals surface area contributed by atoms with Crippen LogP contribution in [0.5, 0.6) is 0 Å². The average molecular weight is 172 g/mol. The Kier molecular flexibility index (Phi) is 2.36. The van der Waals surface area contributed by atoms with Crippen LogP contribution in [0, 0.1) is 6.58 Å². The smallest absolute Gasteiger partial charge is 0.0426 e. The molecule has 0 aromatic heterocycles. The minimum atomic E-state index is 0.601. The van der Waals surface area contributed by atoms with Gasteiger partial charge in [0.05, 0.1) is 0 Å². The van der Waals surface area contributed by atoms with Crippen LogP contribution in [0.15, 0.2) is 18.2 Å². The molecule has 1 aromatic rings. The summed E-state index contributed by atoms with van der Waals surface area (Å²) in [4.78, 5) is 0. The lowest BCUT2D eigenvalue weighted by Crippen LogP contribution is -1.71. The van der Waals surface area contributed by atoms with Crippen molar-refractivity contribution in [2.75, 3.05) is 0 Å². The molecular weight excluding hydrogens is 167 g/mol. The van der Waals surface area contributed by atoms with Gasteiger partial charge in [0.25, 0.3) is 0 Å². The van der Waals surface area contributed by atoms with Gasteiger partial charge in [0, 0.05) is 10.0 Å². The van der Waals surface area contributed by atoms with Crippen molar-refractivity contribution in [2.45, 2.75) is 0 Å². The van der Waals surface area contributed by atoms with Gasteiger partial charge in [-0.1, -0.05) is 35.9 Å². The van der Waals surface area contributed by atoms with Gasteiger partial charge in [-0.15, -0.1) is 0 Å². The van der Waals surface area contributed by atoms with Gasteiger partial charge < -0.3 is 0 Å². The second-order valence-corrected chi connectivity index (χ2v) is 2.74. The summed E-state index contributed by atoms with van der Waals surface area (Å²) >= 11 is 11.3. The van der Waals surface area contributed by atoms with Crippen LogP contribution in [0.2, 0.25) is 10.0 Å². The van der Waals surface area contributed by atoms with Gasteiger partial charge in [0.1, 0.15) is 0 Å². The molecule has 0 saturated heterocycles. The van der Waals surface area contributed by atoms with E-state index in [1.54, 1.807) is 18.2 Å². The van der Waals surface area contributed by atoms with E-state index in [0.29, 0.717) is 10.0 Å². The molecular formula is C8H5Cl2. The minimum absolute atomic E-state index is 0.601. The lowest BCUT2D eigenvalue weighted by Gasteiger charge is -1.94. The summed E-state index contributed by atoms with van der Waals surface area (Å²) in [5, 5.41) is 1.20. The largest absolute Gasteiger partial charge is 0.0843 e. The Labute approximate surface area is 70.1 Å². The molecule has 1 aromatic carbocycles. The second-order valence-electron chi connectivity index (χ2n) is 1.87. The molecule has 0 nitrogen and oxygen atoms in total. The molecule has 0 N–H and O–H groups in total. The SMILES string of the molecule is [CH]=Cc1cc(Cl)cc(Cl)c1. The van der Waals surface area contributed by atoms with Crippen molar-refractivity contribution in [3.8, 4) is 0 Å². The minimum Gasteiger partial charge on any atom is -0.0843 e. The van der Waals surface area contributed by atoms with E-state index < -0.39 is 0 Å². The van der Waals surface area contributed by atoms with Crippen LogP contribution in [0.3, 0.4) is 0 Å². The molecule has 0 unspecified atom stereocenters. The summed E-state index contributed by atoms with van der Waals surface area (Å²) < 4.78 is 0. The highest BCUT2D eigenvalue weighted by Crippen LogP contribution is 2.19. The third-order valence-electron chi connectivity index (χ3n) is 1.08. The first-order chi connectivity index (χ1) is 4.72. The zero-order chi connectivity index (χ0) is 7.56. The van der Waals surface area contributed by atoms with Crippen LogP contribution >= 0.6 is 23.2 Å². The Hall–Kier alpha value is -0.460. The van der Waals surface area contributed by atoms with Crippen molar-refractivity contribution in [1.82, 2.24) is 0 Å². The maximum atomic E-state index is 5.67. The summed E-state index contributed by atoms with van der Waals surface area (Å²) in [5.74, 6) is 0. The van der Waals surface area contributed by atoms with E-state index in [9.17, 15) is 0 Å². The van der Waals surface area contributed by atoms with E-state index in [-0.39, 0.29) is 0 Å². The van der Waals surface area contributed by atoms with Crippen LogP contribution in [0.25, 0.3) is 6.08 Å². The van der Waals surface area contributed by atoms with E-state index in [4.69, 9.17) is 29.8 Å². The third kappa shape index (κ3) is 1.76. The molecule has 51 valence electrons. The molecule has 0 amide bonds.